The van der Waals surface area contributed by atoms with E-state index < -0.39 is 24.0 Å². The number of carboxylic acids is 2. The van der Waals surface area contributed by atoms with Gasteiger partial charge in [0.05, 0.1) is 6.61 Å². The molecule has 0 saturated carbocycles. The summed E-state index contributed by atoms with van der Waals surface area (Å²) in [6.45, 7) is 4.82. The number of carbonyl (C=O) groups excluding carboxylic acids is 1. The van der Waals surface area contributed by atoms with Crippen LogP contribution in [0.1, 0.15) is 27.7 Å². The highest BCUT2D eigenvalue weighted by atomic mass is 16.5. The Labute approximate surface area is 117 Å². The lowest BCUT2D eigenvalue weighted by atomic mass is 10.4. The molecule has 9 nitrogen and oxygen atoms in total. The fraction of sp³-hybridized carbons (Fsp3) is 0.727. The minimum Gasteiger partial charge on any atom is -0.481 e. The summed E-state index contributed by atoms with van der Waals surface area (Å²) in [6, 6.07) is 0. The summed E-state index contributed by atoms with van der Waals surface area (Å²) < 4.78 is 4.35. The van der Waals surface area contributed by atoms with Crippen molar-refractivity contribution in [2.75, 3.05) is 19.8 Å². The van der Waals surface area contributed by atoms with Crippen LogP contribution in [0.4, 0.5) is 0 Å². The molecule has 9 heteroatoms. The van der Waals surface area contributed by atoms with Crippen LogP contribution in [0.15, 0.2) is 0 Å². The molecule has 122 valence electrons. The molecular formula is C11H24O9. The topological polar surface area (TPSA) is 162 Å². The Balaban J connectivity index is -0.0000000976. The van der Waals surface area contributed by atoms with Crippen molar-refractivity contribution in [1.82, 2.24) is 0 Å². The monoisotopic (exact) mass is 300 g/mol. The van der Waals surface area contributed by atoms with Crippen LogP contribution in [-0.2, 0) is 19.1 Å². The quantitative estimate of drug-likeness (QED) is 0.415. The van der Waals surface area contributed by atoms with E-state index in [2.05, 4.69) is 4.74 Å². The van der Waals surface area contributed by atoms with Crippen LogP contribution in [0, 0.1) is 0 Å². The van der Waals surface area contributed by atoms with Gasteiger partial charge in [-0.25, -0.2) is 0 Å². The number of aliphatic hydroxyl groups excluding tert-OH is 3. The van der Waals surface area contributed by atoms with Gasteiger partial charge in [-0.15, -0.1) is 0 Å². The van der Waals surface area contributed by atoms with Gasteiger partial charge >= 0.3 is 5.97 Å². The number of carbonyl (C=O) groups is 3. The molecule has 0 amide bonds. The lowest BCUT2D eigenvalue weighted by Gasteiger charge is -2.05. The molecule has 0 heterocycles. The van der Waals surface area contributed by atoms with Crippen molar-refractivity contribution in [2.24, 2.45) is 0 Å². The van der Waals surface area contributed by atoms with Gasteiger partial charge in [0.25, 0.3) is 11.9 Å². The second kappa shape index (κ2) is 22.5. The molecule has 0 aromatic heterocycles. The highest BCUT2D eigenvalue weighted by molar-refractivity contribution is 5.65. The Kier molecular flexibility index (Phi) is 30.1. The van der Waals surface area contributed by atoms with Gasteiger partial charge in [-0.2, -0.15) is 0 Å². The summed E-state index contributed by atoms with van der Waals surface area (Å²) in [5, 5.41) is 39.2. The predicted molar refractivity (Wildman–Crippen MR) is 69.1 cm³/mol. The molecular weight excluding hydrogens is 276 g/mol. The smallest absolute Gasteiger partial charge is 0.302 e. The molecule has 1 unspecified atom stereocenters. The second-order valence-electron chi connectivity index (χ2n) is 2.99. The van der Waals surface area contributed by atoms with E-state index in [4.69, 9.17) is 35.1 Å². The molecule has 5 N–H and O–H groups in total. The molecule has 0 aromatic rings. The number of hydrogen-bond donors (Lipinski definition) is 5. The molecule has 20 heavy (non-hydrogen) atoms. The third-order valence-corrected chi connectivity index (χ3v) is 0.690. The summed E-state index contributed by atoms with van der Waals surface area (Å²) in [5.74, 6) is -2.12. The van der Waals surface area contributed by atoms with Crippen molar-refractivity contribution < 1.29 is 44.7 Å². The number of aliphatic carboxylic acids is 2. The minimum absolute atomic E-state index is 0.133. The first-order chi connectivity index (χ1) is 9.04. The van der Waals surface area contributed by atoms with Gasteiger partial charge < -0.3 is 30.3 Å². The number of esters is 1. The Morgan fingerprint density at radius 2 is 1.25 bits per heavy atom. The summed E-state index contributed by atoms with van der Waals surface area (Å²) in [4.78, 5) is 28.0. The van der Waals surface area contributed by atoms with Crippen LogP contribution in [0.25, 0.3) is 0 Å². The van der Waals surface area contributed by atoms with Gasteiger partial charge in [0, 0.05) is 27.4 Å². The van der Waals surface area contributed by atoms with Crippen molar-refractivity contribution in [1.29, 1.82) is 0 Å². The molecule has 0 aliphatic carbocycles. The Morgan fingerprint density at radius 3 is 1.40 bits per heavy atom. The number of carboxylic acid groups (broad SMARTS) is 2. The number of rotatable bonds is 3. The zero-order valence-electron chi connectivity index (χ0n) is 12.1. The third-order valence-electron chi connectivity index (χ3n) is 0.690. The number of aliphatic hydroxyl groups is 3. The third kappa shape index (κ3) is 136. The maximum absolute atomic E-state index is 10.0. The fourth-order valence-electron chi connectivity index (χ4n) is 0.266. The van der Waals surface area contributed by atoms with Crippen LogP contribution in [0.3, 0.4) is 0 Å². The molecule has 0 aliphatic rings. The van der Waals surface area contributed by atoms with Crippen LogP contribution in [-0.4, -0.2) is 69.4 Å². The maximum atomic E-state index is 10.0. The maximum Gasteiger partial charge on any atom is 0.302 e. The van der Waals surface area contributed by atoms with Gasteiger partial charge in [0.1, 0.15) is 12.7 Å². The largest absolute Gasteiger partial charge is 0.481 e. The molecule has 0 spiro atoms. The van der Waals surface area contributed by atoms with Crippen molar-refractivity contribution in [3.8, 4) is 0 Å². The normalized spacial score (nSPS) is 9.15. The standard InChI is InChI=1S/C5H10O4.2C2H4O2.C2H6O/c1-4(7)9-3-5(8)2-6;2*1-2(3)4;1-2-3/h5-6,8H,2-3H2,1H3;2*1H3,(H,3,4);3H,2H2,1H3. The average Bonchev–Trinajstić information content (AvgIpc) is 2.25. The Bertz CT molecular complexity index is 220. The number of ether oxygens (including phenoxy) is 1. The van der Waals surface area contributed by atoms with Gasteiger partial charge in [-0.3, -0.25) is 14.4 Å². The van der Waals surface area contributed by atoms with E-state index in [1.54, 1.807) is 6.92 Å². The van der Waals surface area contributed by atoms with E-state index in [0.29, 0.717) is 0 Å². The molecule has 0 fully saturated rings. The molecule has 0 aromatic carbocycles. The van der Waals surface area contributed by atoms with E-state index in [1.807, 2.05) is 0 Å². The van der Waals surface area contributed by atoms with E-state index >= 15 is 0 Å². The fourth-order valence-corrected chi connectivity index (χ4v) is 0.266. The first-order valence-electron chi connectivity index (χ1n) is 5.47. The van der Waals surface area contributed by atoms with Gasteiger partial charge in [0.2, 0.25) is 0 Å². The Morgan fingerprint density at radius 1 is 1.00 bits per heavy atom. The minimum atomic E-state index is -0.950. The van der Waals surface area contributed by atoms with Crippen LogP contribution in [0.2, 0.25) is 0 Å². The second-order valence-corrected chi connectivity index (χ2v) is 2.99. The van der Waals surface area contributed by atoms with E-state index in [1.165, 1.54) is 6.92 Å². The molecule has 0 saturated heterocycles. The molecule has 1 atom stereocenters. The summed E-state index contributed by atoms with van der Waals surface area (Å²) in [7, 11) is 0. The van der Waals surface area contributed by atoms with Gasteiger partial charge in [-0.1, -0.05) is 0 Å². The predicted octanol–water partition coefficient (Wildman–Crippen LogP) is -0.917. The highest BCUT2D eigenvalue weighted by Gasteiger charge is 2.02. The van der Waals surface area contributed by atoms with Gasteiger partial charge in [-0.05, 0) is 6.92 Å². The van der Waals surface area contributed by atoms with E-state index in [-0.39, 0.29) is 19.8 Å². The van der Waals surface area contributed by atoms with E-state index in [0.717, 1.165) is 13.8 Å². The molecule has 0 rings (SSSR count). The van der Waals surface area contributed by atoms with Crippen molar-refractivity contribution in [3.05, 3.63) is 0 Å². The Hall–Kier alpha value is -1.71. The average molecular weight is 300 g/mol. The van der Waals surface area contributed by atoms with Crippen LogP contribution in [0.5, 0.6) is 0 Å². The van der Waals surface area contributed by atoms with Crippen molar-refractivity contribution >= 4 is 17.9 Å². The summed E-state index contributed by atoms with van der Waals surface area (Å²) >= 11 is 0. The summed E-state index contributed by atoms with van der Waals surface area (Å²) in [6.07, 6.45) is -0.950. The number of hydrogen-bond acceptors (Lipinski definition) is 7. The van der Waals surface area contributed by atoms with Crippen molar-refractivity contribution in [3.63, 3.8) is 0 Å². The molecule has 0 bridgehead atoms. The van der Waals surface area contributed by atoms with E-state index in [9.17, 15) is 4.79 Å². The zero-order chi connectivity index (χ0) is 17.1. The van der Waals surface area contributed by atoms with Crippen LogP contribution < -0.4 is 0 Å². The lowest BCUT2D eigenvalue weighted by Crippen LogP contribution is -2.20. The first-order valence-corrected chi connectivity index (χ1v) is 5.47. The lowest BCUT2D eigenvalue weighted by molar-refractivity contribution is -0.144. The van der Waals surface area contributed by atoms with Crippen LogP contribution >= 0.6 is 0 Å². The highest BCUT2D eigenvalue weighted by Crippen LogP contribution is 1.82. The first kappa shape index (κ1) is 26.8. The summed E-state index contributed by atoms with van der Waals surface area (Å²) in [5.41, 5.74) is 0. The molecule has 0 aliphatic heterocycles. The SMILES string of the molecule is CC(=O)O.CC(=O)O.CC(=O)OCC(O)CO.CCO. The zero-order valence-corrected chi connectivity index (χ0v) is 12.1. The van der Waals surface area contributed by atoms with Gasteiger partial charge in [0.15, 0.2) is 0 Å². The molecule has 0 radical (unpaired) electrons. The van der Waals surface area contributed by atoms with Crippen molar-refractivity contribution in [2.45, 2.75) is 33.8 Å².